The minimum Gasteiger partial charge on any atom is -0.455 e. The lowest BCUT2D eigenvalue weighted by Crippen LogP contribution is -2.49. The Morgan fingerprint density at radius 2 is 2.12 bits per heavy atom. The Labute approximate surface area is 153 Å². The molecule has 2 aliphatic rings. The van der Waals surface area contributed by atoms with E-state index in [-0.39, 0.29) is 6.04 Å². The highest BCUT2D eigenvalue weighted by atomic mass is 35.5. The number of methoxy groups -OCH3 is 1. The van der Waals surface area contributed by atoms with E-state index in [1.807, 2.05) is 24.3 Å². The Morgan fingerprint density at radius 1 is 1.24 bits per heavy atom. The molecule has 25 heavy (non-hydrogen) atoms. The van der Waals surface area contributed by atoms with Gasteiger partial charge in [-0.3, -0.25) is 0 Å². The molecule has 0 bridgehead atoms. The molecule has 2 aliphatic heterocycles. The van der Waals surface area contributed by atoms with Gasteiger partial charge >= 0.3 is 0 Å². The maximum absolute atomic E-state index is 6.30. The molecule has 0 aromatic heterocycles. The van der Waals surface area contributed by atoms with Crippen molar-refractivity contribution in [2.75, 3.05) is 31.7 Å². The van der Waals surface area contributed by atoms with Crippen molar-refractivity contribution in [2.45, 2.75) is 24.9 Å². The number of hydrogen-bond acceptors (Lipinski definition) is 4. The summed E-state index contributed by atoms with van der Waals surface area (Å²) < 4.78 is 11.5. The molecular formula is C20H23ClN2O2. The maximum atomic E-state index is 6.30. The van der Waals surface area contributed by atoms with Gasteiger partial charge in [0, 0.05) is 36.8 Å². The van der Waals surface area contributed by atoms with Crippen molar-refractivity contribution in [2.24, 2.45) is 0 Å². The molecule has 0 radical (unpaired) electrons. The van der Waals surface area contributed by atoms with E-state index < -0.39 is 0 Å². The second-order valence-electron chi connectivity index (χ2n) is 6.59. The molecule has 1 saturated heterocycles. The quantitative estimate of drug-likeness (QED) is 0.822. The molecule has 1 N–H and O–H groups in total. The smallest absolute Gasteiger partial charge is 0.150 e. The Morgan fingerprint density at radius 3 is 3.00 bits per heavy atom. The summed E-state index contributed by atoms with van der Waals surface area (Å²) in [6, 6.07) is 14.8. The van der Waals surface area contributed by atoms with Gasteiger partial charge in [-0.15, -0.1) is 0 Å². The summed E-state index contributed by atoms with van der Waals surface area (Å²) in [5, 5.41) is 4.42. The molecule has 4 nitrogen and oxygen atoms in total. The number of anilines is 1. The van der Waals surface area contributed by atoms with Crippen molar-refractivity contribution in [1.29, 1.82) is 0 Å². The van der Waals surface area contributed by atoms with E-state index in [4.69, 9.17) is 21.1 Å². The molecule has 0 aliphatic carbocycles. The molecule has 4 rings (SSSR count). The summed E-state index contributed by atoms with van der Waals surface area (Å²) in [6.45, 7) is 2.55. The molecule has 0 spiro atoms. The summed E-state index contributed by atoms with van der Waals surface area (Å²) >= 11 is 6.30. The van der Waals surface area contributed by atoms with Crippen LogP contribution in [0.2, 0.25) is 5.02 Å². The topological polar surface area (TPSA) is 33.7 Å². The lowest BCUT2D eigenvalue weighted by molar-refractivity contribution is 0.190. The summed E-state index contributed by atoms with van der Waals surface area (Å²) in [7, 11) is 1.74. The van der Waals surface area contributed by atoms with E-state index in [0.717, 1.165) is 48.1 Å². The van der Waals surface area contributed by atoms with Gasteiger partial charge in [-0.2, -0.15) is 0 Å². The highest BCUT2D eigenvalue weighted by molar-refractivity contribution is 6.31. The standard InChI is InChI=1S/C20H23ClN2O2/c1-24-12-10-22-16-6-4-11-23-17-13-14(21)8-9-19(17)25-18-7-3-2-5-15(18)20(16)23/h2-3,5,7-9,13,16,20,22H,4,6,10-12H2,1H3/t16-,20-/m0/s1. The fourth-order valence-electron chi connectivity index (χ4n) is 3.95. The first-order valence-corrected chi connectivity index (χ1v) is 9.21. The molecule has 5 heteroatoms. The second kappa shape index (κ2) is 7.24. The highest BCUT2D eigenvalue weighted by Crippen LogP contribution is 2.48. The van der Waals surface area contributed by atoms with E-state index in [9.17, 15) is 0 Å². The first-order chi connectivity index (χ1) is 12.3. The number of nitrogens with zero attached hydrogens (tertiary/aromatic N) is 1. The fraction of sp³-hybridized carbons (Fsp3) is 0.400. The van der Waals surface area contributed by atoms with Gasteiger partial charge in [0.1, 0.15) is 5.75 Å². The number of para-hydroxylation sites is 1. The molecule has 2 atom stereocenters. The van der Waals surface area contributed by atoms with Crippen molar-refractivity contribution in [1.82, 2.24) is 5.32 Å². The molecule has 132 valence electrons. The molecule has 0 unspecified atom stereocenters. The van der Waals surface area contributed by atoms with Crippen LogP contribution < -0.4 is 15.0 Å². The van der Waals surface area contributed by atoms with Crippen LogP contribution in [0.5, 0.6) is 11.5 Å². The Balaban J connectivity index is 1.78. The largest absolute Gasteiger partial charge is 0.455 e. The van der Waals surface area contributed by atoms with Gasteiger partial charge in [-0.25, -0.2) is 0 Å². The predicted molar refractivity (Wildman–Crippen MR) is 101 cm³/mol. The molecule has 0 saturated carbocycles. The number of ether oxygens (including phenoxy) is 2. The third kappa shape index (κ3) is 3.22. The van der Waals surface area contributed by atoms with E-state index in [1.165, 1.54) is 5.56 Å². The van der Waals surface area contributed by atoms with Crippen LogP contribution in [0, 0.1) is 0 Å². The third-order valence-corrected chi connectivity index (χ3v) is 5.27. The summed E-state index contributed by atoms with van der Waals surface area (Å²) in [5.74, 6) is 1.80. The number of piperidine rings is 1. The molecular weight excluding hydrogens is 336 g/mol. The van der Waals surface area contributed by atoms with Crippen molar-refractivity contribution >= 4 is 17.3 Å². The Bertz CT molecular complexity index is 752. The number of hydrogen-bond donors (Lipinski definition) is 1. The first-order valence-electron chi connectivity index (χ1n) is 8.83. The molecule has 2 heterocycles. The molecule has 1 fully saturated rings. The number of fused-ring (bicyclic) bond motifs is 5. The van der Waals surface area contributed by atoms with Crippen LogP contribution in [-0.2, 0) is 4.74 Å². The van der Waals surface area contributed by atoms with Crippen molar-refractivity contribution < 1.29 is 9.47 Å². The number of halogens is 1. The van der Waals surface area contributed by atoms with Crippen LogP contribution in [0.3, 0.4) is 0 Å². The van der Waals surface area contributed by atoms with Crippen LogP contribution in [0.25, 0.3) is 0 Å². The number of benzene rings is 2. The van der Waals surface area contributed by atoms with Gasteiger partial charge in [0.2, 0.25) is 0 Å². The van der Waals surface area contributed by atoms with Crippen molar-refractivity contribution in [3.63, 3.8) is 0 Å². The third-order valence-electron chi connectivity index (χ3n) is 5.03. The lowest BCUT2D eigenvalue weighted by atomic mass is 9.89. The van der Waals surface area contributed by atoms with E-state index in [2.05, 4.69) is 28.4 Å². The fourth-order valence-corrected chi connectivity index (χ4v) is 4.11. The van der Waals surface area contributed by atoms with Crippen molar-refractivity contribution in [3.05, 3.63) is 53.1 Å². The minimum absolute atomic E-state index is 0.224. The molecule has 0 amide bonds. The van der Waals surface area contributed by atoms with E-state index in [1.54, 1.807) is 7.11 Å². The van der Waals surface area contributed by atoms with E-state index in [0.29, 0.717) is 12.6 Å². The summed E-state index contributed by atoms with van der Waals surface area (Å²) in [5.41, 5.74) is 2.30. The van der Waals surface area contributed by atoms with Gasteiger partial charge in [0.15, 0.2) is 5.75 Å². The summed E-state index contributed by atoms with van der Waals surface area (Å²) in [6.07, 6.45) is 2.27. The van der Waals surface area contributed by atoms with Crippen LogP contribution >= 0.6 is 11.6 Å². The van der Waals surface area contributed by atoms with E-state index >= 15 is 0 Å². The zero-order valence-corrected chi connectivity index (χ0v) is 15.1. The Hall–Kier alpha value is -1.75. The van der Waals surface area contributed by atoms with Crippen molar-refractivity contribution in [3.8, 4) is 11.5 Å². The number of rotatable bonds is 4. The van der Waals surface area contributed by atoms with Gasteiger partial charge < -0.3 is 19.7 Å². The highest BCUT2D eigenvalue weighted by Gasteiger charge is 2.37. The normalized spacial score (nSPS) is 21.6. The lowest BCUT2D eigenvalue weighted by Gasteiger charge is -2.42. The van der Waals surface area contributed by atoms with Gasteiger partial charge in [0.25, 0.3) is 0 Å². The van der Waals surface area contributed by atoms with Crippen LogP contribution in [0.4, 0.5) is 5.69 Å². The zero-order valence-electron chi connectivity index (χ0n) is 14.4. The second-order valence-corrected chi connectivity index (χ2v) is 7.02. The maximum Gasteiger partial charge on any atom is 0.150 e. The van der Waals surface area contributed by atoms with Gasteiger partial charge in [0.05, 0.1) is 18.3 Å². The van der Waals surface area contributed by atoms with Crippen LogP contribution in [0.15, 0.2) is 42.5 Å². The van der Waals surface area contributed by atoms with Gasteiger partial charge in [-0.05, 0) is 37.1 Å². The average molecular weight is 359 g/mol. The average Bonchev–Trinajstić information content (AvgIpc) is 2.77. The summed E-state index contributed by atoms with van der Waals surface area (Å²) in [4.78, 5) is 2.45. The molecule has 2 aromatic carbocycles. The monoisotopic (exact) mass is 358 g/mol. The Kier molecular flexibility index (Phi) is 4.84. The predicted octanol–water partition coefficient (Wildman–Crippen LogP) is 4.39. The SMILES string of the molecule is COCCN[C@H]1CCCN2c3cc(Cl)ccc3Oc3ccccc3[C@@H]12. The minimum atomic E-state index is 0.224. The first kappa shape index (κ1) is 16.7. The van der Waals surface area contributed by atoms with Crippen LogP contribution in [-0.4, -0.2) is 32.8 Å². The van der Waals surface area contributed by atoms with Crippen LogP contribution in [0.1, 0.15) is 24.4 Å². The molecule has 2 aromatic rings. The zero-order chi connectivity index (χ0) is 17.2. The van der Waals surface area contributed by atoms with Gasteiger partial charge in [-0.1, -0.05) is 29.8 Å². The number of nitrogens with one attached hydrogen (secondary N) is 1.